The highest BCUT2D eigenvalue weighted by Gasteiger charge is 2.47. The summed E-state index contributed by atoms with van der Waals surface area (Å²) in [5.41, 5.74) is 0. The third kappa shape index (κ3) is 3.63. The summed E-state index contributed by atoms with van der Waals surface area (Å²) in [6, 6.07) is -0.293. The first-order valence-electron chi connectivity index (χ1n) is 9.03. The van der Waals surface area contributed by atoms with Gasteiger partial charge in [0.05, 0.1) is 24.6 Å². The fourth-order valence-electron chi connectivity index (χ4n) is 3.81. The number of fused-ring (bicyclic) bond motifs is 1. The normalized spacial score (nSPS) is 28.8. The summed E-state index contributed by atoms with van der Waals surface area (Å²) in [5.74, 6) is 1.95. The van der Waals surface area contributed by atoms with Gasteiger partial charge in [-0.15, -0.1) is 0 Å². The largest absolute Gasteiger partial charge is 0.348 e. The van der Waals surface area contributed by atoms with Gasteiger partial charge in [0.1, 0.15) is 0 Å². The van der Waals surface area contributed by atoms with E-state index in [1.165, 1.54) is 0 Å². The van der Waals surface area contributed by atoms with Crippen LogP contribution >= 0.6 is 0 Å². The molecule has 1 amide bonds. The van der Waals surface area contributed by atoms with Crippen LogP contribution in [0.1, 0.15) is 30.5 Å². The van der Waals surface area contributed by atoms with Crippen molar-refractivity contribution in [1.29, 1.82) is 0 Å². The minimum absolute atomic E-state index is 0.00580. The average molecular weight is 383 g/mol. The molecule has 10 heteroatoms. The van der Waals surface area contributed by atoms with E-state index in [2.05, 4.69) is 15.0 Å². The zero-order chi connectivity index (χ0) is 18.5. The van der Waals surface area contributed by atoms with E-state index < -0.39 is 9.84 Å². The van der Waals surface area contributed by atoms with Crippen LogP contribution in [0, 0.1) is 0 Å². The van der Waals surface area contributed by atoms with E-state index >= 15 is 0 Å². The smallest absolute Gasteiger partial charge is 0.236 e. The lowest BCUT2D eigenvalue weighted by Crippen LogP contribution is -2.60. The van der Waals surface area contributed by atoms with Gasteiger partial charge < -0.3 is 9.42 Å². The topological polar surface area (TPSA) is 99.8 Å². The maximum atomic E-state index is 12.3. The number of piperazine rings is 1. The lowest BCUT2D eigenvalue weighted by molar-refractivity contribution is -0.131. The molecule has 0 radical (unpaired) electrons. The van der Waals surface area contributed by atoms with E-state index in [4.69, 9.17) is 4.52 Å². The molecule has 3 fully saturated rings. The number of sulfone groups is 1. The number of hydrogen-bond acceptors (Lipinski definition) is 8. The number of aromatic nitrogens is 2. The highest BCUT2D eigenvalue weighted by Crippen LogP contribution is 2.39. The number of carbonyl (C=O) groups is 1. The van der Waals surface area contributed by atoms with Gasteiger partial charge in [-0.25, -0.2) is 8.42 Å². The van der Waals surface area contributed by atoms with Crippen LogP contribution < -0.4 is 0 Å². The Labute approximate surface area is 153 Å². The van der Waals surface area contributed by atoms with Gasteiger partial charge in [-0.2, -0.15) is 4.98 Å². The van der Waals surface area contributed by atoms with Crippen molar-refractivity contribution < 1.29 is 17.7 Å². The first kappa shape index (κ1) is 17.9. The molecule has 1 aliphatic carbocycles. The van der Waals surface area contributed by atoms with E-state index in [-0.39, 0.29) is 36.0 Å². The Balaban J connectivity index is 1.48. The van der Waals surface area contributed by atoms with Gasteiger partial charge in [0.2, 0.25) is 11.8 Å². The second-order valence-corrected chi connectivity index (χ2v) is 9.92. The molecule has 3 heterocycles. The number of rotatable bonds is 5. The van der Waals surface area contributed by atoms with Crippen LogP contribution in [0.2, 0.25) is 0 Å². The number of carbonyl (C=O) groups excluding carboxylic acids is 1. The third-order valence-electron chi connectivity index (χ3n) is 5.50. The average Bonchev–Trinajstić information content (AvgIpc) is 3.22. The summed E-state index contributed by atoms with van der Waals surface area (Å²) >= 11 is 0. The fourth-order valence-corrected chi connectivity index (χ4v) is 5.86. The molecule has 4 rings (SSSR count). The zero-order valence-corrected chi connectivity index (χ0v) is 16.0. The minimum Gasteiger partial charge on any atom is -0.348 e. The molecular formula is C16H25N5O4S. The standard InChI is InChI=1S/C16H25N5O4S/c1-19(2)15(22)8-21-6-5-20(12-9-26(23,24)10-13(12)21)7-14-17-16(25-18-14)11-3-4-11/h11-13H,3-10H2,1-2H3/t12-,13+/m0/s1. The number of likely N-dealkylation sites (N-methyl/N-ethyl adjacent to an activating group) is 1. The predicted octanol–water partition coefficient (Wildman–Crippen LogP) is -0.682. The van der Waals surface area contributed by atoms with Crippen LogP contribution in [0.15, 0.2) is 4.52 Å². The molecule has 9 nitrogen and oxygen atoms in total. The van der Waals surface area contributed by atoms with E-state index in [0.717, 1.165) is 12.8 Å². The molecule has 0 spiro atoms. The first-order valence-corrected chi connectivity index (χ1v) is 10.9. The summed E-state index contributed by atoms with van der Waals surface area (Å²) in [6.45, 7) is 2.09. The van der Waals surface area contributed by atoms with Crippen LogP contribution in [0.25, 0.3) is 0 Å². The summed E-state index contributed by atoms with van der Waals surface area (Å²) in [7, 11) is 0.321. The molecule has 3 aliphatic rings. The SMILES string of the molecule is CN(C)C(=O)CN1CCN(Cc2noc(C3CC3)n2)[C@H]2CS(=O)(=O)C[C@H]21. The molecule has 2 aliphatic heterocycles. The Morgan fingerprint density at radius 3 is 2.50 bits per heavy atom. The second kappa shape index (κ2) is 6.58. The summed E-state index contributed by atoms with van der Waals surface area (Å²) in [5, 5.41) is 4.06. The molecule has 2 atom stereocenters. The van der Waals surface area contributed by atoms with Gasteiger partial charge in [-0.3, -0.25) is 14.6 Å². The summed E-state index contributed by atoms with van der Waals surface area (Å²) in [6.07, 6.45) is 2.20. The highest BCUT2D eigenvalue weighted by molar-refractivity contribution is 7.91. The van der Waals surface area contributed by atoms with Gasteiger partial charge in [-0.05, 0) is 12.8 Å². The molecule has 144 valence electrons. The molecule has 26 heavy (non-hydrogen) atoms. The Morgan fingerprint density at radius 2 is 1.85 bits per heavy atom. The van der Waals surface area contributed by atoms with Gasteiger partial charge in [-0.1, -0.05) is 5.16 Å². The monoisotopic (exact) mass is 383 g/mol. The lowest BCUT2D eigenvalue weighted by atomic mass is 10.0. The highest BCUT2D eigenvalue weighted by atomic mass is 32.2. The molecule has 1 aromatic rings. The van der Waals surface area contributed by atoms with Crippen molar-refractivity contribution in [3.8, 4) is 0 Å². The van der Waals surface area contributed by atoms with E-state index in [9.17, 15) is 13.2 Å². The number of hydrogen-bond donors (Lipinski definition) is 0. The molecule has 0 aromatic carbocycles. The van der Waals surface area contributed by atoms with Crippen molar-refractivity contribution in [2.24, 2.45) is 0 Å². The zero-order valence-electron chi connectivity index (χ0n) is 15.2. The van der Waals surface area contributed by atoms with Crippen LogP contribution in [0.4, 0.5) is 0 Å². The lowest BCUT2D eigenvalue weighted by Gasteiger charge is -2.43. The Hall–Kier alpha value is -1.52. The molecule has 2 saturated heterocycles. The van der Waals surface area contributed by atoms with Crippen molar-refractivity contribution >= 4 is 15.7 Å². The minimum atomic E-state index is -3.11. The first-order chi connectivity index (χ1) is 12.3. The van der Waals surface area contributed by atoms with Gasteiger partial charge >= 0.3 is 0 Å². The summed E-state index contributed by atoms with van der Waals surface area (Å²) < 4.78 is 29.8. The maximum absolute atomic E-state index is 12.3. The van der Waals surface area contributed by atoms with E-state index in [0.29, 0.717) is 37.3 Å². The van der Waals surface area contributed by atoms with Crippen LogP contribution in [-0.2, 0) is 21.2 Å². The molecule has 1 saturated carbocycles. The van der Waals surface area contributed by atoms with Crippen molar-refractivity contribution in [1.82, 2.24) is 24.8 Å². The fraction of sp³-hybridized carbons (Fsp3) is 0.812. The van der Waals surface area contributed by atoms with Crippen molar-refractivity contribution in [3.05, 3.63) is 11.7 Å². The third-order valence-corrected chi connectivity index (χ3v) is 7.20. The van der Waals surface area contributed by atoms with Crippen molar-refractivity contribution in [2.75, 3.05) is 45.2 Å². The van der Waals surface area contributed by atoms with Crippen LogP contribution in [0.3, 0.4) is 0 Å². The van der Waals surface area contributed by atoms with Gasteiger partial charge in [0.15, 0.2) is 15.7 Å². The molecule has 0 unspecified atom stereocenters. The summed E-state index contributed by atoms with van der Waals surface area (Å²) in [4.78, 5) is 22.3. The van der Waals surface area contributed by atoms with E-state index in [1.54, 1.807) is 19.0 Å². The number of nitrogens with zero attached hydrogens (tertiary/aromatic N) is 5. The molecule has 0 N–H and O–H groups in total. The molecule has 1 aromatic heterocycles. The predicted molar refractivity (Wildman–Crippen MR) is 93.2 cm³/mol. The van der Waals surface area contributed by atoms with Crippen LogP contribution in [0.5, 0.6) is 0 Å². The second-order valence-electron chi connectivity index (χ2n) is 7.76. The Morgan fingerprint density at radius 1 is 1.19 bits per heavy atom. The van der Waals surface area contributed by atoms with Gasteiger partial charge in [0.25, 0.3) is 0 Å². The Bertz CT molecular complexity index is 788. The van der Waals surface area contributed by atoms with Crippen molar-refractivity contribution in [3.63, 3.8) is 0 Å². The van der Waals surface area contributed by atoms with E-state index in [1.807, 2.05) is 4.90 Å². The quantitative estimate of drug-likeness (QED) is 0.659. The van der Waals surface area contributed by atoms with Crippen LogP contribution in [-0.4, -0.2) is 96.5 Å². The maximum Gasteiger partial charge on any atom is 0.236 e. The van der Waals surface area contributed by atoms with Gasteiger partial charge in [0, 0.05) is 45.2 Å². The molecular weight excluding hydrogens is 358 g/mol. The molecule has 0 bridgehead atoms. The Kier molecular flexibility index (Phi) is 4.52. The number of amides is 1. The van der Waals surface area contributed by atoms with Crippen molar-refractivity contribution in [2.45, 2.75) is 37.4 Å².